The van der Waals surface area contributed by atoms with Gasteiger partial charge in [-0.2, -0.15) is 0 Å². The van der Waals surface area contributed by atoms with Crippen LogP contribution in [-0.4, -0.2) is 26.5 Å². The molecule has 1 amide bonds. The predicted molar refractivity (Wildman–Crippen MR) is 136 cm³/mol. The molecule has 2 aromatic carbocycles. The SMILES string of the molecule is Cc1ccc(NC(=O)c2cc3nc(Nc4c(Cl)cccc4Cl)[nH]c3c3c2OC(C)(C)C3)c(C)n1. The number of hydrogen-bond donors (Lipinski definition) is 3. The fourth-order valence-corrected chi connectivity index (χ4v) is 4.69. The summed E-state index contributed by atoms with van der Waals surface area (Å²) in [5.74, 6) is 0.739. The van der Waals surface area contributed by atoms with Crippen LogP contribution in [0.2, 0.25) is 10.0 Å². The largest absolute Gasteiger partial charge is 0.486 e. The summed E-state index contributed by atoms with van der Waals surface area (Å²) in [7, 11) is 0. The molecular formula is C25H23Cl2N5O2. The molecule has 1 aliphatic heterocycles. The van der Waals surface area contributed by atoms with E-state index in [1.54, 1.807) is 24.3 Å². The van der Waals surface area contributed by atoms with Crippen LogP contribution in [-0.2, 0) is 6.42 Å². The van der Waals surface area contributed by atoms with E-state index in [4.69, 9.17) is 27.9 Å². The van der Waals surface area contributed by atoms with Gasteiger partial charge in [0, 0.05) is 17.7 Å². The van der Waals surface area contributed by atoms with Gasteiger partial charge in [0.15, 0.2) is 0 Å². The lowest BCUT2D eigenvalue weighted by Crippen LogP contribution is -2.25. The molecule has 9 heteroatoms. The van der Waals surface area contributed by atoms with Crippen LogP contribution in [0.5, 0.6) is 5.75 Å². The maximum atomic E-state index is 13.3. The molecule has 0 fully saturated rings. The number of nitrogens with one attached hydrogen (secondary N) is 3. The monoisotopic (exact) mass is 495 g/mol. The Labute approximate surface area is 206 Å². The van der Waals surface area contributed by atoms with Gasteiger partial charge in [0.2, 0.25) is 5.95 Å². The van der Waals surface area contributed by atoms with Crippen molar-refractivity contribution in [3.63, 3.8) is 0 Å². The first-order valence-electron chi connectivity index (χ1n) is 10.8. The summed E-state index contributed by atoms with van der Waals surface area (Å²) >= 11 is 12.6. The van der Waals surface area contributed by atoms with E-state index in [1.165, 1.54) is 0 Å². The number of nitrogens with zero attached hydrogens (tertiary/aromatic N) is 2. The molecule has 0 radical (unpaired) electrons. The lowest BCUT2D eigenvalue weighted by Gasteiger charge is -2.18. The number of para-hydroxylation sites is 1. The molecule has 0 saturated carbocycles. The van der Waals surface area contributed by atoms with Crippen LogP contribution in [0.3, 0.4) is 0 Å². The van der Waals surface area contributed by atoms with Crippen molar-refractivity contribution < 1.29 is 9.53 Å². The average molecular weight is 496 g/mol. The molecule has 174 valence electrons. The molecule has 34 heavy (non-hydrogen) atoms. The van der Waals surface area contributed by atoms with Gasteiger partial charge in [0.1, 0.15) is 11.4 Å². The van der Waals surface area contributed by atoms with Crippen LogP contribution < -0.4 is 15.4 Å². The minimum atomic E-state index is -0.461. The fraction of sp³-hybridized carbons (Fsp3) is 0.240. The number of H-pyrrole nitrogens is 1. The van der Waals surface area contributed by atoms with Crippen LogP contribution in [0, 0.1) is 13.8 Å². The summed E-state index contributed by atoms with van der Waals surface area (Å²) in [6.07, 6.45) is 0.625. The topological polar surface area (TPSA) is 91.9 Å². The summed E-state index contributed by atoms with van der Waals surface area (Å²) in [5, 5.41) is 7.08. The van der Waals surface area contributed by atoms with Crippen LogP contribution in [0.4, 0.5) is 17.3 Å². The number of benzene rings is 2. The second-order valence-corrected chi connectivity index (χ2v) is 9.83. The summed E-state index contributed by atoms with van der Waals surface area (Å²) < 4.78 is 6.22. The van der Waals surface area contributed by atoms with E-state index in [0.717, 1.165) is 22.5 Å². The standard InChI is InChI=1S/C25H23Cl2N5O2/c1-12-8-9-18(13(2)28-12)29-23(33)14-10-19-20(15-11-25(3,4)34-22(14)15)31-24(30-19)32-21-16(26)6-5-7-17(21)27/h5-10H,11H2,1-4H3,(H,29,33)(H2,30,31,32). The first-order valence-corrected chi connectivity index (χ1v) is 11.6. The number of rotatable bonds is 4. The van der Waals surface area contributed by atoms with Crippen molar-refractivity contribution >= 4 is 57.5 Å². The van der Waals surface area contributed by atoms with E-state index >= 15 is 0 Å². The lowest BCUT2D eigenvalue weighted by atomic mass is 9.98. The Bertz CT molecular complexity index is 1440. The maximum absolute atomic E-state index is 13.3. The zero-order valence-corrected chi connectivity index (χ0v) is 20.6. The molecule has 0 spiro atoms. The summed E-state index contributed by atoms with van der Waals surface area (Å²) in [4.78, 5) is 25.7. The number of pyridine rings is 1. The highest BCUT2D eigenvalue weighted by atomic mass is 35.5. The number of aromatic amines is 1. The summed E-state index contributed by atoms with van der Waals surface area (Å²) in [5.41, 5.74) is 5.13. The molecule has 0 unspecified atom stereocenters. The number of ether oxygens (including phenoxy) is 1. The Hall–Kier alpha value is -3.29. The molecule has 3 N–H and O–H groups in total. The van der Waals surface area contributed by atoms with Gasteiger partial charge in [-0.15, -0.1) is 0 Å². The Morgan fingerprint density at radius 1 is 1.12 bits per heavy atom. The van der Waals surface area contributed by atoms with Crippen molar-refractivity contribution in [2.24, 2.45) is 0 Å². The number of anilines is 3. The van der Waals surface area contributed by atoms with Gasteiger partial charge < -0.3 is 20.4 Å². The minimum absolute atomic E-state index is 0.281. The molecule has 1 aliphatic rings. The van der Waals surface area contributed by atoms with Gasteiger partial charge in [-0.05, 0) is 58.0 Å². The first-order chi connectivity index (χ1) is 16.1. The van der Waals surface area contributed by atoms with Crippen molar-refractivity contribution in [1.82, 2.24) is 15.0 Å². The molecule has 0 bridgehead atoms. The van der Waals surface area contributed by atoms with E-state index in [1.807, 2.05) is 39.8 Å². The first kappa shape index (κ1) is 22.5. The molecule has 5 rings (SSSR count). The highest BCUT2D eigenvalue weighted by Crippen LogP contribution is 2.43. The average Bonchev–Trinajstić information content (AvgIpc) is 3.31. The quantitative estimate of drug-likeness (QED) is 0.297. The number of fused-ring (bicyclic) bond motifs is 3. The summed E-state index contributed by atoms with van der Waals surface area (Å²) in [6.45, 7) is 7.76. The smallest absolute Gasteiger partial charge is 0.259 e. The number of aromatic nitrogens is 3. The number of imidazole rings is 1. The third-order valence-electron chi connectivity index (χ3n) is 5.74. The number of hydrogen-bond acceptors (Lipinski definition) is 5. The Morgan fingerprint density at radius 3 is 2.56 bits per heavy atom. The Morgan fingerprint density at radius 2 is 1.85 bits per heavy atom. The zero-order chi connectivity index (χ0) is 24.2. The van der Waals surface area contributed by atoms with Crippen molar-refractivity contribution in [1.29, 1.82) is 0 Å². The number of carbonyl (C=O) groups is 1. The minimum Gasteiger partial charge on any atom is -0.486 e. The molecule has 2 aromatic heterocycles. The molecule has 0 saturated heterocycles. The van der Waals surface area contributed by atoms with E-state index < -0.39 is 5.60 Å². The number of aryl methyl sites for hydroxylation is 2. The van der Waals surface area contributed by atoms with Gasteiger partial charge in [-0.25, -0.2) is 4.98 Å². The third kappa shape index (κ3) is 4.06. The summed E-state index contributed by atoms with van der Waals surface area (Å²) in [6, 6.07) is 10.7. The highest BCUT2D eigenvalue weighted by Gasteiger charge is 2.36. The van der Waals surface area contributed by atoms with Crippen LogP contribution in [0.25, 0.3) is 11.0 Å². The van der Waals surface area contributed by atoms with E-state index in [9.17, 15) is 4.79 Å². The molecule has 3 heterocycles. The van der Waals surface area contributed by atoms with Gasteiger partial charge >= 0.3 is 0 Å². The van der Waals surface area contributed by atoms with Crippen LogP contribution in [0.15, 0.2) is 36.4 Å². The van der Waals surface area contributed by atoms with Crippen LogP contribution >= 0.6 is 23.2 Å². The van der Waals surface area contributed by atoms with E-state index in [2.05, 4.69) is 25.6 Å². The van der Waals surface area contributed by atoms with E-state index in [-0.39, 0.29) is 5.91 Å². The van der Waals surface area contributed by atoms with Crippen molar-refractivity contribution in [3.05, 3.63) is 69.0 Å². The Balaban J connectivity index is 1.57. The lowest BCUT2D eigenvalue weighted by molar-refractivity contribution is 0.101. The Kier molecular flexibility index (Phi) is 5.41. The van der Waals surface area contributed by atoms with E-state index in [0.29, 0.717) is 50.6 Å². The number of carbonyl (C=O) groups excluding carboxylic acids is 1. The van der Waals surface area contributed by atoms with Gasteiger partial charge in [-0.3, -0.25) is 9.78 Å². The van der Waals surface area contributed by atoms with Crippen molar-refractivity contribution in [2.45, 2.75) is 39.7 Å². The van der Waals surface area contributed by atoms with Gasteiger partial charge in [-0.1, -0.05) is 29.3 Å². The molecular weight excluding hydrogens is 473 g/mol. The number of halogens is 2. The number of amides is 1. The second-order valence-electron chi connectivity index (χ2n) is 9.01. The predicted octanol–water partition coefficient (Wildman–Crippen LogP) is 6.59. The molecule has 0 aliphatic carbocycles. The molecule has 4 aromatic rings. The normalized spacial score (nSPS) is 14.1. The third-order valence-corrected chi connectivity index (χ3v) is 6.37. The maximum Gasteiger partial charge on any atom is 0.259 e. The fourth-order valence-electron chi connectivity index (χ4n) is 4.19. The van der Waals surface area contributed by atoms with Crippen LogP contribution in [0.1, 0.15) is 41.2 Å². The van der Waals surface area contributed by atoms with Crippen molar-refractivity contribution in [2.75, 3.05) is 10.6 Å². The zero-order valence-electron chi connectivity index (χ0n) is 19.1. The van der Waals surface area contributed by atoms with Crippen molar-refractivity contribution in [3.8, 4) is 5.75 Å². The molecule has 0 atom stereocenters. The molecule has 7 nitrogen and oxygen atoms in total. The van der Waals surface area contributed by atoms with Gasteiger partial charge in [0.25, 0.3) is 5.91 Å². The second kappa shape index (κ2) is 8.18. The highest BCUT2D eigenvalue weighted by molar-refractivity contribution is 6.39. The van der Waals surface area contributed by atoms with Gasteiger partial charge in [0.05, 0.1) is 43.7 Å².